The van der Waals surface area contributed by atoms with Crippen LogP contribution in [0.15, 0.2) is 23.2 Å². The van der Waals surface area contributed by atoms with Crippen molar-refractivity contribution < 1.29 is 9.47 Å². The molecule has 0 aromatic heterocycles. The van der Waals surface area contributed by atoms with Crippen LogP contribution in [0, 0.1) is 0 Å². The van der Waals surface area contributed by atoms with Gasteiger partial charge in [0.1, 0.15) is 0 Å². The number of rotatable bonds is 6. The van der Waals surface area contributed by atoms with Crippen LogP contribution >= 0.6 is 24.0 Å². The molecule has 0 bridgehead atoms. The van der Waals surface area contributed by atoms with E-state index in [0.717, 1.165) is 36.8 Å². The van der Waals surface area contributed by atoms with E-state index in [4.69, 9.17) is 9.47 Å². The van der Waals surface area contributed by atoms with Crippen LogP contribution in [-0.2, 0) is 6.54 Å². The quantitative estimate of drug-likeness (QED) is 0.369. The minimum absolute atomic E-state index is 0. The molecular formula is C20H32IN3O2. The van der Waals surface area contributed by atoms with Crippen LogP contribution in [0.2, 0.25) is 0 Å². The van der Waals surface area contributed by atoms with Crippen molar-refractivity contribution in [1.29, 1.82) is 0 Å². The lowest BCUT2D eigenvalue weighted by Crippen LogP contribution is -2.41. The SMILES string of the molecule is CN=C(NCc1ccc(OC)c(OC2CCCC2)c1)NC1CCCC1.I. The van der Waals surface area contributed by atoms with Crippen LogP contribution in [0.4, 0.5) is 0 Å². The van der Waals surface area contributed by atoms with E-state index in [9.17, 15) is 0 Å². The molecule has 0 aliphatic heterocycles. The molecule has 3 rings (SSSR count). The van der Waals surface area contributed by atoms with Gasteiger partial charge >= 0.3 is 0 Å². The zero-order valence-corrected chi connectivity index (χ0v) is 18.3. The predicted octanol–water partition coefficient (Wildman–Crippen LogP) is 4.24. The van der Waals surface area contributed by atoms with E-state index in [0.29, 0.717) is 12.1 Å². The highest BCUT2D eigenvalue weighted by molar-refractivity contribution is 14.0. The fourth-order valence-electron chi connectivity index (χ4n) is 3.75. The van der Waals surface area contributed by atoms with Crippen molar-refractivity contribution in [2.24, 2.45) is 4.99 Å². The molecule has 2 saturated carbocycles. The van der Waals surface area contributed by atoms with Crippen molar-refractivity contribution in [2.45, 2.75) is 70.1 Å². The molecule has 0 amide bonds. The maximum atomic E-state index is 6.18. The zero-order chi connectivity index (χ0) is 17.5. The second kappa shape index (κ2) is 10.8. The second-order valence-electron chi connectivity index (χ2n) is 7.06. The molecule has 1 aromatic rings. The predicted molar refractivity (Wildman–Crippen MR) is 117 cm³/mol. The van der Waals surface area contributed by atoms with Crippen molar-refractivity contribution >= 4 is 29.9 Å². The molecule has 0 heterocycles. The third kappa shape index (κ3) is 5.93. The number of methoxy groups -OCH3 is 1. The summed E-state index contributed by atoms with van der Waals surface area (Å²) in [5.74, 6) is 2.54. The van der Waals surface area contributed by atoms with Crippen LogP contribution in [0.1, 0.15) is 56.9 Å². The van der Waals surface area contributed by atoms with E-state index in [2.05, 4.69) is 27.8 Å². The molecule has 2 N–H and O–H groups in total. The Labute approximate surface area is 174 Å². The Morgan fingerprint density at radius 3 is 2.42 bits per heavy atom. The minimum Gasteiger partial charge on any atom is -0.493 e. The average Bonchev–Trinajstić information content (AvgIpc) is 3.32. The first-order valence-corrected chi connectivity index (χ1v) is 9.59. The van der Waals surface area contributed by atoms with E-state index in [1.165, 1.54) is 44.1 Å². The Balaban J connectivity index is 0.00000243. The van der Waals surface area contributed by atoms with Gasteiger partial charge in [0.05, 0.1) is 13.2 Å². The Bertz CT molecular complexity index is 582. The van der Waals surface area contributed by atoms with Crippen LogP contribution in [0.25, 0.3) is 0 Å². The molecule has 0 radical (unpaired) electrons. The average molecular weight is 473 g/mol. The van der Waals surface area contributed by atoms with Crippen LogP contribution in [0.3, 0.4) is 0 Å². The van der Waals surface area contributed by atoms with Gasteiger partial charge < -0.3 is 20.1 Å². The smallest absolute Gasteiger partial charge is 0.191 e. The molecule has 0 unspecified atom stereocenters. The molecule has 0 atom stereocenters. The normalized spacial score (nSPS) is 18.5. The lowest BCUT2D eigenvalue weighted by molar-refractivity contribution is 0.200. The molecule has 5 nitrogen and oxygen atoms in total. The molecule has 2 aliphatic rings. The molecule has 2 aliphatic carbocycles. The van der Waals surface area contributed by atoms with Gasteiger partial charge in [-0.05, 0) is 56.2 Å². The largest absolute Gasteiger partial charge is 0.493 e. The Morgan fingerprint density at radius 2 is 1.77 bits per heavy atom. The van der Waals surface area contributed by atoms with Crippen molar-refractivity contribution in [3.63, 3.8) is 0 Å². The van der Waals surface area contributed by atoms with E-state index in [-0.39, 0.29) is 24.0 Å². The van der Waals surface area contributed by atoms with Gasteiger partial charge in [-0.15, -0.1) is 24.0 Å². The summed E-state index contributed by atoms with van der Waals surface area (Å²) in [4.78, 5) is 4.34. The summed E-state index contributed by atoms with van der Waals surface area (Å²) in [6.07, 6.45) is 10.2. The maximum Gasteiger partial charge on any atom is 0.191 e. The molecule has 26 heavy (non-hydrogen) atoms. The minimum atomic E-state index is 0. The fraction of sp³-hybridized carbons (Fsp3) is 0.650. The van der Waals surface area contributed by atoms with Gasteiger partial charge in [-0.3, -0.25) is 4.99 Å². The van der Waals surface area contributed by atoms with Crippen LogP contribution < -0.4 is 20.1 Å². The number of benzene rings is 1. The summed E-state index contributed by atoms with van der Waals surface area (Å²) in [6.45, 7) is 0.720. The van der Waals surface area contributed by atoms with Gasteiger partial charge in [-0.1, -0.05) is 18.9 Å². The topological polar surface area (TPSA) is 54.9 Å². The fourth-order valence-corrected chi connectivity index (χ4v) is 3.75. The van der Waals surface area contributed by atoms with Gasteiger partial charge in [0, 0.05) is 19.6 Å². The van der Waals surface area contributed by atoms with Gasteiger partial charge in [0.25, 0.3) is 0 Å². The van der Waals surface area contributed by atoms with Crippen LogP contribution in [0.5, 0.6) is 11.5 Å². The molecule has 0 saturated heterocycles. The molecule has 2 fully saturated rings. The molecule has 0 spiro atoms. The standard InChI is InChI=1S/C20H31N3O2.HI/c1-21-20(23-16-7-3-4-8-16)22-14-15-11-12-18(24-2)19(13-15)25-17-9-5-6-10-17;/h11-13,16-17H,3-10,14H2,1-2H3,(H2,21,22,23);1H. The Morgan fingerprint density at radius 1 is 1.08 bits per heavy atom. The number of nitrogens with zero attached hydrogens (tertiary/aromatic N) is 1. The number of guanidine groups is 1. The number of nitrogens with one attached hydrogen (secondary N) is 2. The molecule has 146 valence electrons. The molecular weight excluding hydrogens is 441 g/mol. The van der Waals surface area contributed by atoms with Crippen molar-refractivity contribution in [3.05, 3.63) is 23.8 Å². The number of hydrogen-bond acceptors (Lipinski definition) is 3. The summed E-state index contributed by atoms with van der Waals surface area (Å²) in [6, 6.07) is 6.72. The zero-order valence-electron chi connectivity index (χ0n) is 15.9. The second-order valence-corrected chi connectivity index (χ2v) is 7.06. The van der Waals surface area contributed by atoms with Crippen molar-refractivity contribution in [1.82, 2.24) is 10.6 Å². The summed E-state index contributed by atoms with van der Waals surface area (Å²) in [7, 11) is 3.52. The van der Waals surface area contributed by atoms with E-state index in [1.54, 1.807) is 7.11 Å². The lowest BCUT2D eigenvalue weighted by Gasteiger charge is -2.19. The first-order valence-electron chi connectivity index (χ1n) is 9.59. The van der Waals surface area contributed by atoms with E-state index in [1.807, 2.05) is 13.1 Å². The molecule has 6 heteroatoms. The van der Waals surface area contributed by atoms with Gasteiger partial charge in [-0.25, -0.2) is 0 Å². The van der Waals surface area contributed by atoms with Gasteiger partial charge in [-0.2, -0.15) is 0 Å². The number of halogens is 1. The number of ether oxygens (including phenoxy) is 2. The monoisotopic (exact) mass is 473 g/mol. The third-order valence-corrected chi connectivity index (χ3v) is 5.20. The van der Waals surface area contributed by atoms with Crippen molar-refractivity contribution in [3.8, 4) is 11.5 Å². The number of aliphatic imine (C=N–C) groups is 1. The first kappa shape index (κ1) is 21.1. The summed E-state index contributed by atoms with van der Waals surface area (Å²) >= 11 is 0. The Hall–Kier alpha value is -1.18. The van der Waals surface area contributed by atoms with Crippen molar-refractivity contribution in [2.75, 3.05) is 14.2 Å². The highest BCUT2D eigenvalue weighted by Crippen LogP contribution is 2.32. The van der Waals surface area contributed by atoms with E-state index < -0.39 is 0 Å². The van der Waals surface area contributed by atoms with Crippen LogP contribution in [-0.4, -0.2) is 32.3 Å². The highest BCUT2D eigenvalue weighted by Gasteiger charge is 2.19. The summed E-state index contributed by atoms with van der Waals surface area (Å²) in [5.41, 5.74) is 1.17. The first-order chi connectivity index (χ1) is 12.3. The number of hydrogen-bond donors (Lipinski definition) is 2. The third-order valence-electron chi connectivity index (χ3n) is 5.20. The Kier molecular flexibility index (Phi) is 8.81. The lowest BCUT2D eigenvalue weighted by atomic mass is 10.2. The highest BCUT2D eigenvalue weighted by atomic mass is 127. The van der Waals surface area contributed by atoms with Gasteiger partial charge in [0.15, 0.2) is 17.5 Å². The van der Waals surface area contributed by atoms with Gasteiger partial charge in [0.2, 0.25) is 0 Å². The molecule has 1 aromatic carbocycles. The van der Waals surface area contributed by atoms with E-state index >= 15 is 0 Å². The summed E-state index contributed by atoms with van der Waals surface area (Å²) < 4.78 is 11.6. The maximum absolute atomic E-state index is 6.18. The summed E-state index contributed by atoms with van der Waals surface area (Å²) in [5, 5.41) is 6.93.